The average molecular weight is 225 g/mol. The lowest BCUT2D eigenvalue weighted by atomic mass is 10.0. The van der Waals surface area contributed by atoms with Crippen LogP contribution in [-0.4, -0.2) is 14.2 Å². The monoisotopic (exact) mass is 225 g/mol. The molecular weight excluding hydrogens is 210 g/mol. The summed E-state index contributed by atoms with van der Waals surface area (Å²) in [5, 5.41) is 3.18. The average Bonchev–Trinajstić information content (AvgIpc) is 2.74. The zero-order chi connectivity index (χ0) is 11.8. The van der Waals surface area contributed by atoms with Crippen LogP contribution >= 0.6 is 0 Å². The van der Waals surface area contributed by atoms with Crippen LogP contribution in [0.4, 0.5) is 5.69 Å². The number of hydrogen-bond donors (Lipinski definition) is 1. The van der Waals surface area contributed by atoms with Crippen molar-refractivity contribution in [1.29, 1.82) is 0 Å². The molecule has 3 rings (SSSR count). The first-order valence-electron chi connectivity index (χ1n) is 5.80. The molecule has 1 aliphatic carbocycles. The van der Waals surface area contributed by atoms with Crippen molar-refractivity contribution in [1.82, 2.24) is 0 Å². The Kier molecular flexibility index (Phi) is 2.29. The molecule has 0 saturated carbocycles. The normalized spacial score (nSPS) is 11.9. The molecule has 2 nitrogen and oxygen atoms in total. The molecule has 2 aromatic carbocycles. The molecule has 0 amide bonds. The van der Waals surface area contributed by atoms with E-state index in [2.05, 4.69) is 41.7 Å². The number of hydrogen-bond acceptors (Lipinski definition) is 2. The quantitative estimate of drug-likeness (QED) is 0.722. The number of fused-ring (bicyclic) bond motifs is 3. The Morgan fingerprint density at radius 3 is 2.65 bits per heavy atom. The summed E-state index contributed by atoms with van der Waals surface area (Å²) < 4.78 is 5.41. The number of nitrogens with one attached hydrogen (secondary N) is 1. The molecule has 0 saturated heterocycles. The topological polar surface area (TPSA) is 21.3 Å². The Morgan fingerprint density at radius 2 is 1.88 bits per heavy atom. The highest BCUT2D eigenvalue weighted by Gasteiger charge is 2.20. The maximum atomic E-state index is 5.41. The van der Waals surface area contributed by atoms with Crippen molar-refractivity contribution in [3.63, 3.8) is 0 Å². The first kappa shape index (κ1) is 10.2. The Morgan fingerprint density at radius 1 is 1.06 bits per heavy atom. The van der Waals surface area contributed by atoms with Gasteiger partial charge in [0.25, 0.3) is 0 Å². The molecular formula is C15H15NO. The highest BCUT2D eigenvalue weighted by atomic mass is 16.5. The minimum Gasteiger partial charge on any atom is -0.495 e. The van der Waals surface area contributed by atoms with Crippen molar-refractivity contribution < 1.29 is 4.74 Å². The Balaban J connectivity index is 2.20. The lowest BCUT2D eigenvalue weighted by Gasteiger charge is -2.11. The lowest BCUT2D eigenvalue weighted by Crippen LogP contribution is -1.95. The van der Waals surface area contributed by atoms with E-state index in [9.17, 15) is 0 Å². The summed E-state index contributed by atoms with van der Waals surface area (Å²) in [6.07, 6.45) is 1.02. The van der Waals surface area contributed by atoms with Gasteiger partial charge in [0, 0.05) is 7.05 Å². The van der Waals surface area contributed by atoms with Crippen LogP contribution in [0.3, 0.4) is 0 Å². The van der Waals surface area contributed by atoms with Gasteiger partial charge in [0.05, 0.1) is 12.8 Å². The summed E-state index contributed by atoms with van der Waals surface area (Å²) in [6.45, 7) is 0. The van der Waals surface area contributed by atoms with Gasteiger partial charge >= 0.3 is 0 Å². The van der Waals surface area contributed by atoms with Crippen LogP contribution in [0.25, 0.3) is 11.1 Å². The molecule has 0 heterocycles. The fraction of sp³-hybridized carbons (Fsp3) is 0.200. The predicted octanol–water partition coefficient (Wildman–Crippen LogP) is 3.31. The molecule has 0 atom stereocenters. The second-order valence-electron chi connectivity index (χ2n) is 4.29. The van der Waals surface area contributed by atoms with Crippen LogP contribution in [0.15, 0.2) is 36.4 Å². The van der Waals surface area contributed by atoms with E-state index in [0.717, 1.165) is 17.9 Å². The van der Waals surface area contributed by atoms with Crippen LogP contribution in [0, 0.1) is 0 Å². The first-order chi connectivity index (χ1) is 8.33. The lowest BCUT2D eigenvalue weighted by molar-refractivity contribution is 0.417. The van der Waals surface area contributed by atoms with Crippen LogP contribution in [0.2, 0.25) is 0 Å². The van der Waals surface area contributed by atoms with Gasteiger partial charge in [0.2, 0.25) is 0 Å². The second kappa shape index (κ2) is 3.81. The third-order valence-corrected chi connectivity index (χ3v) is 3.38. The van der Waals surface area contributed by atoms with Crippen LogP contribution in [0.1, 0.15) is 11.1 Å². The van der Waals surface area contributed by atoms with E-state index in [4.69, 9.17) is 4.74 Å². The molecule has 0 spiro atoms. The third kappa shape index (κ3) is 1.48. The zero-order valence-electron chi connectivity index (χ0n) is 10.1. The van der Waals surface area contributed by atoms with E-state index in [1.165, 1.54) is 22.3 Å². The van der Waals surface area contributed by atoms with Crippen molar-refractivity contribution in [3.8, 4) is 16.9 Å². The molecule has 1 aliphatic rings. The standard InChI is InChI=1S/C15H15NO/c1-16-14-8-11-7-10-5-3-4-6-12(10)13(11)9-15(14)17-2/h3-6,8-9,16H,7H2,1-2H3. The number of anilines is 1. The van der Waals surface area contributed by atoms with Gasteiger partial charge in [0.1, 0.15) is 5.75 Å². The van der Waals surface area contributed by atoms with Gasteiger partial charge in [0.15, 0.2) is 0 Å². The van der Waals surface area contributed by atoms with E-state index >= 15 is 0 Å². The fourth-order valence-electron chi connectivity index (χ4n) is 2.53. The Bertz CT molecular complexity index is 575. The molecule has 0 fully saturated rings. The predicted molar refractivity (Wildman–Crippen MR) is 70.8 cm³/mol. The second-order valence-corrected chi connectivity index (χ2v) is 4.29. The zero-order valence-corrected chi connectivity index (χ0v) is 10.1. The highest BCUT2D eigenvalue weighted by Crippen LogP contribution is 2.41. The summed E-state index contributed by atoms with van der Waals surface area (Å²) in [5.41, 5.74) is 6.47. The molecule has 17 heavy (non-hydrogen) atoms. The molecule has 2 aromatic rings. The van der Waals surface area contributed by atoms with Gasteiger partial charge < -0.3 is 10.1 Å². The van der Waals surface area contributed by atoms with Gasteiger partial charge in [-0.25, -0.2) is 0 Å². The van der Waals surface area contributed by atoms with Gasteiger partial charge in [-0.05, 0) is 40.8 Å². The summed E-state index contributed by atoms with van der Waals surface area (Å²) in [6, 6.07) is 12.9. The Labute approximate surface area is 101 Å². The number of methoxy groups -OCH3 is 1. The van der Waals surface area contributed by atoms with Crippen molar-refractivity contribution in [2.24, 2.45) is 0 Å². The molecule has 86 valence electrons. The first-order valence-corrected chi connectivity index (χ1v) is 5.80. The largest absolute Gasteiger partial charge is 0.495 e. The minimum absolute atomic E-state index is 0.906. The molecule has 0 bridgehead atoms. The van der Waals surface area contributed by atoms with Crippen LogP contribution < -0.4 is 10.1 Å². The third-order valence-electron chi connectivity index (χ3n) is 3.38. The summed E-state index contributed by atoms with van der Waals surface area (Å²) >= 11 is 0. The van der Waals surface area contributed by atoms with Gasteiger partial charge in [-0.2, -0.15) is 0 Å². The molecule has 0 aliphatic heterocycles. The number of benzene rings is 2. The molecule has 0 radical (unpaired) electrons. The van der Waals surface area contributed by atoms with E-state index < -0.39 is 0 Å². The molecule has 2 heteroatoms. The van der Waals surface area contributed by atoms with Crippen molar-refractivity contribution in [2.75, 3.05) is 19.5 Å². The van der Waals surface area contributed by atoms with Gasteiger partial charge in [-0.3, -0.25) is 0 Å². The summed E-state index contributed by atoms with van der Waals surface area (Å²) in [4.78, 5) is 0. The number of rotatable bonds is 2. The van der Waals surface area contributed by atoms with Gasteiger partial charge in [-0.15, -0.1) is 0 Å². The SMILES string of the molecule is CNc1cc2c(cc1OC)-c1ccccc1C2. The van der Waals surface area contributed by atoms with Crippen molar-refractivity contribution >= 4 is 5.69 Å². The smallest absolute Gasteiger partial charge is 0.142 e. The van der Waals surface area contributed by atoms with E-state index in [1.807, 2.05) is 7.05 Å². The van der Waals surface area contributed by atoms with Crippen LogP contribution in [0.5, 0.6) is 5.75 Å². The van der Waals surface area contributed by atoms with Crippen molar-refractivity contribution in [3.05, 3.63) is 47.5 Å². The van der Waals surface area contributed by atoms with Crippen molar-refractivity contribution in [2.45, 2.75) is 6.42 Å². The fourth-order valence-corrected chi connectivity index (χ4v) is 2.53. The van der Waals surface area contributed by atoms with Gasteiger partial charge in [-0.1, -0.05) is 24.3 Å². The number of ether oxygens (including phenoxy) is 1. The molecule has 0 aromatic heterocycles. The maximum absolute atomic E-state index is 5.41. The molecule has 0 unspecified atom stereocenters. The summed E-state index contributed by atoms with van der Waals surface area (Å²) in [5.74, 6) is 0.906. The van der Waals surface area contributed by atoms with E-state index in [0.29, 0.717) is 0 Å². The van der Waals surface area contributed by atoms with Crippen LogP contribution in [-0.2, 0) is 6.42 Å². The summed E-state index contributed by atoms with van der Waals surface area (Å²) in [7, 11) is 3.63. The van der Waals surface area contributed by atoms with E-state index in [1.54, 1.807) is 7.11 Å². The minimum atomic E-state index is 0.906. The Hall–Kier alpha value is -1.96. The molecule has 1 N–H and O–H groups in total. The highest BCUT2D eigenvalue weighted by molar-refractivity contribution is 5.81. The maximum Gasteiger partial charge on any atom is 0.142 e. The van der Waals surface area contributed by atoms with E-state index in [-0.39, 0.29) is 0 Å².